The maximum atomic E-state index is 16.2. The lowest BCUT2D eigenvalue weighted by Crippen LogP contribution is -2.80. The number of piperazine rings is 1. The molecule has 0 aliphatic carbocycles. The summed E-state index contributed by atoms with van der Waals surface area (Å²) in [5.41, 5.74) is 7.30. The third-order valence-corrected chi connectivity index (χ3v) is 10.2. The minimum Gasteiger partial charge on any atom is -0.331 e. The molecule has 4 bridgehead atoms. The molecule has 0 aromatic rings. The van der Waals surface area contributed by atoms with Crippen molar-refractivity contribution in [3.8, 4) is 0 Å². The summed E-state index contributed by atoms with van der Waals surface area (Å²) in [6, 6.07) is -0.155. The Morgan fingerprint density at radius 2 is 1.90 bits per heavy atom. The van der Waals surface area contributed by atoms with Crippen LogP contribution in [0.5, 0.6) is 0 Å². The molecule has 42 heavy (non-hydrogen) atoms. The van der Waals surface area contributed by atoms with E-state index in [1.54, 1.807) is 5.01 Å². The molecule has 232 valence electrons. The molecule has 0 saturated carbocycles. The number of nitrogens with one attached hydrogen (secondary N) is 5. The van der Waals surface area contributed by atoms with E-state index in [0.717, 1.165) is 31.5 Å². The van der Waals surface area contributed by atoms with Crippen LogP contribution in [-0.4, -0.2) is 100 Å². The first-order chi connectivity index (χ1) is 20.2. The van der Waals surface area contributed by atoms with Crippen molar-refractivity contribution < 1.29 is 14.0 Å². The molecule has 6 aliphatic rings. The molecule has 0 aromatic carbocycles. The lowest BCUT2D eigenvalue weighted by Gasteiger charge is -2.59. The zero-order valence-corrected chi connectivity index (χ0v) is 25.3. The van der Waals surface area contributed by atoms with Crippen molar-refractivity contribution in [1.82, 2.24) is 46.6 Å². The number of hydrazine groups is 2. The Kier molecular flexibility index (Phi) is 8.25. The van der Waals surface area contributed by atoms with Crippen LogP contribution < -0.4 is 26.9 Å². The molecule has 4 fully saturated rings. The van der Waals surface area contributed by atoms with E-state index in [0.29, 0.717) is 25.4 Å². The van der Waals surface area contributed by atoms with Crippen LogP contribution in [0.2, 0.25) is 0 Å². The highest BCUT2D eigenvalue weighted by molar-refractivity contribution is 5.87. The van der Waals surface area contributed by atoms with E-state index in [1.165, 1.54) is 6.08 Å². The first kappa shape index (κ1) is 29.4. The van der Waals surface area contributed by atoms with Gasteiger partial charge in [0, 0.05) is 55.5 Å². The number of hydrogen-bond acceptors (Lipinski definition) is 8. The van der Waals surface area contributed by atoms with Gasteiger partial charge in [0.1, 0.15) is 12.3 Å². The van der Waals surface area contributed by atoms with Gasteiger partial charge >= 0.3 is 6.03 Å². The molecule has 6 aliphatic heterocycles. The summed E-state index contributed by atoms with van der Waals surface area (Å²) in [4.78, 5) is 33.1. The van der Waals surface area contributed by atoms with Crippen molar-refractivity contribution in [1.29, 1.82) is 0 Å². The van der Waals surface area contributed by atoms with Gasteiger partial charge in [0.25, 0.3) is 0 Å². The fraction of sp³-hybridized carbons (Fsp3) is 0.733. The number of carbonyl (C=O) groups excluding carboxylic acids is 2. The number of halogens is 1. The molecule has 0 radical (unpaired) electrons. The normalized spacial score (nSPS) is 40.7. The number of allylic oxidation sites excluding steroid dienone is 2. The van der Waals surface area contributed by atoms with Gasteiger partial charge in [0.2, 0.25) is 5.91 Å². The van der Waals surface area contributed by atoms with Crippen LogP contribution in [0.15, 0.2) is 36.7 Å². The van der Waals surface area contributed by atoms with E-state index >= 15 is 4.39 Å². The van der Waals surface area contributed by atoms with Crippen molar-refractivity contribution in [2.45, 2.75) is 102 Å². The van der Waals surface area contributed by atoms with Crippen molar-refractivity contribution in [2.24, 2.45) is 17.8 Å². The summed E-state index contributed by atoms with van der Waals surface area (Å²) in [7, 11) is 0. The molecule has 11 nitrogen and oxygen atoms in total. The molecule has 0 spiro atoms. The zero-order chi connectivity index (χ0) is 29.7. The minimum atomic E-state index is -1.17. The smallest absolute Gasteiger partial charge is 0.320 e. The highest BCUT2D eigenvalue weighted by Gasteiger charge is 2.56. The van der Waals surface area contributed by atoms with E-state index in [2.05, 4.69) is 64.4 Å². The van der Waals surface area contributed by atoms with E-state index in [1.807, 2.05) is 29.8 Å². The minimum absolute atomic E-state index is 0.0447. The number of alkyl halides is 1. The van der Waals surface area contributed by atoms with Crippen LogP contribution in [0.1, 0.15) is 53.4 Å². The summed E-state index contributed by atoms with van der Waals surface area (Å²) in [6.45, 7) is 14.3. The third kappa shape index (κ3) is 5.20. The first-order valence-corrected chi connectivity index (χ1v) is 15.7. The van der Waals surface area contributed by atoms with Gasteiger partial charge in [0.05, 0.1) is 18.4 Å². The molecular weight excluding hydrogens is 537 g/mol. The molecule has 12 heteroatoms. The van der Waals surface area contributed by atoms with Crippen LogP contribution in [0.3, 0.4) is 0 Å². The number of nitrogens with zero attached hydrogens (tertiary/aromatic N) is 4. The van der Waals surface area contributed by atoms with Gasteiger partial charge in [0.15, 0.2) is 0 Å². The molecule has 6 rings (SSSR count). The molecule has 4 saturated heterocycles. The van der Waals surface area contributed by atoms with Crippen molar-refractivity contribution in [3.63, 3.8) is 0 Å². The molecule has 6 heterocycles. The Morgan fingerprint density at radius 1 is 1.14 bits per heavy atom. The number of piperidine rings is 2. The number of fused-ring (bicyclic) bond motifs is 5. The number of urea groups is 1. The average molecular weight is 586 g/mol. The number of hydrogen-bond donors (Lipinski definition) is 5. The van der Waals surface area contributed by atoms with Gasteiger partial charge in [-0.05, 0) is 57.6 Å². The predicted molar refractivity (Wildman–Crippen MR) is 159 cm³/mol. The Balaban J connectivity index is 1.37. The monoisotopic (exact) mass is 585 g/mol. The Hall–Kier alpha value is -2.67. The molecule has 5 N–H and O–H groups in total. The lowest BCUT2D eigenvalue weighted by atomic mass is 9.77. The van der Waals surface area contributed by atoms with Gasteiger partial charge in [-0.3, -0.25) is 20.0 Å². The van der Waals surface area contributed by atoms with Crippen molar-refractivity contribution in [2.75, 3.05) is 19.6 Å². The highest BCUT2D eigenvalue weighted by atomic mass is 19.1. The van der Waals surface area contributed by atoms with Crippen LogP contribution >= 0.6 is 0 Å². The predicted octanol–water partition coefficient (Wildman–Crippen LogP) is 1.56. The van der Waals surface area contributed by atoms with Crippen molar-refractivity contribution >= 4 is 11.9 Å². The van der Waals surface area contributed by atoms with Gasteiger partial charge in [-0.2, -0.15) is 0 Å². The first-order valence-electron chi connectivity index (χ1n) is 15.7. The van der Waals surface area contributed by atoms with Crippen LogP contribution in [0.4, 0.5) is 9.18 Å². The standard InChI is InChI=1S/C30H48FN9O2/c1-6-24(41)39-18(4)14-37(15-19(39)5)27-22-13-23(31)29-33-28(22)40(30(42)34-27)26-20(11-12-32-25(26)17(2)3)9-7-8-10-21-16-38(29)36-35-21/h6-8,16-20,22-23,25-29,32-33,35-36H,1,9-15H2,2-5H3,(H,34,42). The Labute approximate surface area is 248 Å². The second-order valence-corrected chi connectivity index (χ2v) is 13.3. The fourth-order valence-corrected chi connectivity index (χ4v) is 8.42. The molecule has 10 unspecified atom stereocenters. The van der Waals surface area contributed by atoms with Crippen molar-refractivity contribution in [3.05, 3.63) is 36.7 Å². The molecule has 3 amide bonds. The van der Waals surface area contributed by atoms with Gasteiger partial charge in [-0.1, -0.05) is 32.6 Å². The van der Waals surface area contributed by atoms with E-state index < -0.39 is 12.3 Å². The number of carbonyl (C=O) groups is 2. The van der Waals surface area contributed by atoms with E-state index in [4.69, 9.17) is 0 Å². The van der Waals surface area contributed by atoms with Crippen LogP contribution in [0, 0.1) is 17.8 Å². The largest absolute Gasteiger partial charge is 0.331 e. The number of rotatable bonds is 3. The maximum absolute atomic E-state index is 16.2. The van der Waals surface area contributed by atoms with Gasteiger partial charge < -0.3 is 25.9 Å². The summed E-state index contributed by atoms with van der Waals surface area (Å²) in [5.74, 6) is 0.332. The Morgan fingerprint density at radius 3 is 2.62 bits per heavy atom. The van der Waals surface area contributed by atoms with Crippen LogP contribution in [-0.2, 0) is 4.79 Å². The quantitative estimate of drug-likeness (QED) is 0.251. The highest BCUT2D eigenvalue weighted by Crippen LogP contribution is 2.39. The second kappa shape index (κ2) is 11.8. The molecular formula is C30H48FN9O2. The summed E-state index contributed by atoms with van der Waals surface area (Å²) in [5, 5.41) is 12.5. The van der Waals surface area contributed by atoms with Gasteiger partial charge in [-0.25, -0.2) is 9.18 Å². The molecule has 10 atom stereocenters. The topological polar surface area (TPSA) is 107 Å². The lowest BCUT2D eigenvalue weighted by molar-refractivity contribution is -0.138. The maximum Gasteiger partial charge on any atom is 0.320 e. The van der Waals surface area contributed by atoms with Gasteiger partial charge in [-0.15, -0.1) is 5.53 Å². The molecule has 0 aromatic heterocycles. The fourth-order valence-electron chi connectivity index (χ4n) is 8.42. The van der Waals surface area contributed by atoms with Crippen LogP contribution in [0.25, 0.3) is 0 Å². The summed E-state index contributed by atoms with van der Waals surface area (Å²) < 4.78 is 16.2. The van der Waals surface area contributed by atoms with E-state index in [9.17, 15) is 9.59 Å². The second-order valence-electron chi connectivity index (χ2n) is 13.3. The zero-order valence-electron chi connectivity index (χ0n) is 25.3. The van der Waals surface area contributed by atoms with E-state index in [-0.39, 0.29) is 60.3 Å². The number of amides is 3. The third-order valence-electron chi connectivity index (χ3n) is 10.2. The Bertz CT molecular complexity index is 1100. The SMILES string of the molecule is C=CC(=O)N1C(C)CN(C2NC(=O)N3C4NC(C(F)CC24)N2C=C(CC=CCC4CCNC(C(C)C)C43)NN2)CC1C. The summed E-state index contributed by atoms with van der Waals surface area (Å²) in [6.07, 6.45) is 8.08. The average Bonchev–Trinajstić information content (AvgIpc) is 3.42. The summed E-state index contributed by atoms with van der Waals surface area (Å²) >= 11 is 0.